The van der Waals surface area contributed by atoms with Crippen LogP contribution in [0.4, 0.5) is 0 Å². The zero-order valence-electron chi connectivity index (χ0n) is 10.2. The summed E-state index contributed by atoms with van der Waals surface area (Å²) in [5, 5.41) is 8.74. The molecule has 0 radical (unpaired) electrons. The van der Waals surface area contributed by atoms with E-state index in [0.717, 1.165) is 8.66 Å². The fourth-order valence-electron chi connectivity index (χ4n) is 1.97. The first-order chi connectivity index (χ1) is 9.04. The third-order valence-electron chi connectivity index (χ3n) is 2.85. The number of carboxylic acid groups (broad SMARTS) is 1. The molecule has 5 nitrogen and oxygen atoms in total. The quantitative estimate of drug-likeness (QED) is 0.900. The fraction of sp³-hybridized carbons (Fsp3) is 0.500. The standard InChI is InChI=1S/C12H14BrNO4S/c13-10-2-1-9(19-10)6-11(15)14-3-4-18-8(7-14)5-12(16)17/h1-2,8H,3-7H2,(H,16,17). The second-order valence-corrected chi connectivity index (χ2v) is 6.86. The van der Waals surface area contributed by atoms with Gasteiger partial charge in [-0.05, 0) is 28.1 Å². The summed E-state index contributed by atoms with van der Waals surface area (Å²) in [6, 6.07) is 3.83. The topological polar surface area (TPSA) is 66.8 Å². The predicted molar refractivity (Wildman–Crippen MR) is 74.3 cm³/mol. The molecular weight excluding hydrogens is 334 g/mol. The number of aliphatic carboxylic acids is 1. The van der Waals surface area contributed by atoms with Crippen LogP contribution in [0.5, 0.6) is 0 Å². The average Bonchev–Trinajstić information content (AvgIpc) is 2.74. The summed E-state index contributed by atoms with van der Waals surface area (Å²) in [5.41, 5.74) is 0. The smallest absolute Gasteiger partial charge is 0.306 e. The van der Waals surface area contributed by atoms with Crippen molar-refractivity contribution < 1.29 is 19.4 Å². The van der Waals surface area contributed by atoms with Gasteiger partial charge >= 0.3 is 5.97 Å². The maximum atomic E-state index is 12.1. The van der Waals surface area contributed by atoms with Crippen molar-refractivity contribution >= 4 is 39.1 Å². The molecular formula is C12H14BrNO4S. The molecule has 1 aromatic heterocycles. The van der Waals surface area contributed by atoms with Crippen molar-refractivity contribution in [2.75, 3.05) is 19.7 Å². The molecule has 1 saturated heterocycles. The number of hydrogen-bond donors (Lipinski definition) is 1. The minimum absolute atomic E-state index is 0.0213. The second-order valence-electron chi connectivity index (χ2n) is 4.31. The van der Waals surface area contributed by atoms with E-state index in [1.165, 1.54) is 11.3 Å². The van der Waals surface area contributed by atoms with E-state index in [2.05, 4.69) is 15.9 Å². The van der Waals surface area contributed by atoms with Crippen LogP contribution in [0.25, 0.3) is 0 Å². The largest absolute Gasteiger partial charge is 0.481 e. The molecule has 0 saturated carbocycles. The molecule has 2 heterocycles. The van der Waals surface area contributed by atoms with E-state index in [0.29, 0.717) is 26.1 Å². The number of thiophene rings is 1. The monoisotopic (exact) mass is 347 g/mol. The highest BCUT2D eigenvalue weighted by atomic mass is 79.9. The van der Waals surface area contributed by atoms with Crippen LogP contribution < -0.4 is 0 Å². The Balaban J connectivity index is 1.89. The molecule has 0 bridgehead atoms. The average molecular weight is 348 g/mol. The van der Waals surface area contributed by atoms with Crippen molar-refractivity contribution in [1.82, 2.24) is 4.90 Å². The number of morpholine rings is 1. The first-order valence-electron chi connectivity index (χ1n) is 5.90. The Morgan fingerprint density at radius 2 is 2.32 bits per heavy atom. The van der Waals surface area contributed by atoms with Crippen LogP contribution in [0.3, 0.4) is 0 Å². The van der Waals surface area contributed by atoms with Crippen LogP contribution in [-0.2, 0) is 20.7 Å². The second kappa shape index (κ2) is 6.49. The maximum absolute atomic E-state index is 12.1. The Labute approximate surface area is 123 Å². The van der Waals surface area contributed by atoms with Crippen LogP contribution in [0.1, 0.15) is 11.3 Å². The number of nitrogens with zero attached hydrogens (tertiary/aromatic N) is 1. The molecule has 1 aromatic rings. The number of hydrogen-bond acceptors (Lipinski definition) is 4. The number of halogens is 1. The summed E-state index contributed by atoms with van der Waals surface area (Å²) in [6.07, 6.45) is -0.102. The molecule has 1 aliphatic heterocycles. The van der Waals surface area contributed by atoms with Gasteiger partial charge in [-0.2, -0.15) is 0 Å². The van der Waals surface area contributed by atoms with Crippen LogP contribution in [-0.4, -0.2) is 47.7 Å². The zero-order valence-corrected chi connectivity index (χ0v) is 12.6. The van der Waals surface area contributed by atoms with E-state index >= 15 is 0 Å². The minimum Gasteiger partial charge on any atom is -0.481 e. The SMILES string of the molecule is O=C(O)CC1CN(C(=O)Cc2ccc(Br)s2)CCO1. The van der Waals surface area contributed by atoms with Gasteiger partial charge in [-0.25, -0.2) is 0 Å². The Morgan fingerprint density at radius 1 is 1.53 bits per heavy atom. The van der Waals surface area contributed by atoms with Gasteiger partial charge in [0, 0.05) is 18.0 Å². The van der Waals surface area contributed by atoms with E-state index in [-0.39, 0.29) is 12.3 Å². The van der Waals surface area contributed by atoms with E-state index in [1.807, 2.05) is 12.1 Å². The van der Waals surface area contributed by atoms with E-state index in [9.17, 15) is 9.59 Å². The molecule has 1 unspecified atom stereocenters. The Bertz CT molecular complexity index is 476. The van der Waals surface area contributed by atoms with Crippen molar-refractivity contribution in [2.24, 2.45) is 0 Å². The van der Waals surface area contributed by atoms with Gasteiger partial charge in [0.15, 0.2) is 0 Å². The molecule has 0 aliphatic carbocycles. The normalized spacial score (nSPS) is 19.4. The van der Waals surface area contributed by atoms with Gasteiger partial charge in [0.2, 0.25) is 5.91 Å². The summed E-state index contributed by atoms with van der Waals surface area (Å²) < 4.78 is 6.34. The molecule has 19 heavy (non-hydrogen) atoms. The lowest BCUT2D eigenvalue weighted by Gasteiger charge is -2.32. The van der Waals surface area contributed by atoms with Crippen molar-refractivity contribution in [3.05, 3.63) is 20.8 Å². The molecule has 2 rings (SSSR count). The number of carbonyl (C=O) groups excluding carboxylic acids is 1. The molecule has 0 spiro atoms. The molecule has 0 aromatic carbocycles. The van der Waals surface area contributed by atoms with Crippen LogP contribution in [0.15, 0.2) is 15.9 Å². The van der Waals surface area contributed by atoms with Crippen LogP contribution >= 0.6 is 27.3 Å². The van der Waals surface area contributed by atoms with Crippen LogP contribution in [0, 0.1) is 0 Å². The maximum Gasteiger partial charge on any atom is 0.306 e. The number of amides is 1. The molecule has 1 atom stereocenters. The van der Waals surface area contributed by atoms with Crippen molar-refractivity contribution in [2.45, 2.75) is 18.9 Å². The van der Waals surface area contributed by atoms with E-state index < -0.39 is 12.1 Å². The van der Waals surface area contributed by atoms with Crippen molar-refractivity contribution in [1.29, 1.82) is 0 Å². The van der Waals surface area contributed by atoms with Gasteiger partial charge in [0.1, 0.15) is 0 Å². The third-order valence-corrected chi connectivity index (χ3v) is 4.47. The highest BCUT2D eigenvalue weighted by Crippen LogP contribution is 2.23. The first kappa shape index (κ1) is 14.5. The van der Waals surface area contributed by atoms with Crippen molar-refractivity contribution in [3.63, 3.8) is 0 Å². The van der Waals surface area contributed by atoms with Crippen molar-refractivity contribution in [3.8, 4) is 0 Å². The number of carbonyl (C=O) groups is 2. The number of ether oxygens (including phenoxy) is 1. The molecule has 104 valence electrons. The highest BCUT2D eigenvalue weighted by molar-refractivity contribution is 9.11. The van der Waals surface area contributed by atoms with Gasteiger partial charge in [0.05, 0.1) is 29.3 Å². The predicted octanol–water partition coefficient (Wildman–Crippen LogP) is 1.76. The van der Waals surface area contributed by atoms with Gasteiger partial charge in [0.25, 0.3) is 0 Å². The van der Waals surface area contributed by atoms with Gasteiger partial charge in [-0.3, -0.25) is 9.59 Å². The molecule has 1 N–H and O–H groups in total. The van der Waals surface area contributed by atoms with Gasteiger partial charge in [-0.1, -0.05) is 0 Å². The summed E-state index contributed by atoms with van der Waals surface area (Å²) in [6.45, 7) is 1.29. The number of carboxylic acids is 1. The molecule has 1 fully saturated rings. The Kier molecular flexibility index (Phi) is 4.95. The van der Waals surface area contributed by atoms with Crippen LogP contribution in [0.2, 0.25) is 0 Å². The summed E-state index contributed by atoms with van der Waals surface area (Å²) in [7, 11) is 0. The first-order valence-corrected chi connectivity index (χ1v) is 7.51. The molecule has 1 aliphatic rings. The zero-order chi connectivity index (χ0) is 13.8. The third kappa shape index (κ3) is 4.29. The summed E-state index contributed by atoms with van der Waals surface area (Å²) in [5.74, 6) is -0.880. The Hall–Kier alpha value is -0.920. The molecule has 1 amide bonds. The lowest BCUT2D eigenvalue weighted by molar-refractivity contribution is -0.147. The number of rotatable bonds is 4. The summed E-state index contributed by atoms with van der Waals surface area (Å²) in [4.78, 5) is 25.5. The molecule has 7 heteroatoms. The Morgan fingerprint density at radius 3 is 2.95 bits per heavy atom. The fourth-order valence-corrected chi connectivity index (χ4v) is 3.45. The van der Waals surface area contributed by atoms with E-state index in [4.69, 9.17) is 9.84 Å². The lowest BCUT2D eigenvalue weighted by atomic mass is 10.2. The lowest BCUT2D eigenvalue weighted by Crippen LogP contribution is -2.46. The highest BCUT2D eigenvalue weighted by Gasteiger charge is 2.26. The van der Waals surface area contributed by atoms with Gasteiger partial charge in [-0.15, -0.1) is 11.3 Å². The van der Waals surface area contributed by atoms with Gasteiger partial charge < -0.3 is 14.7 Å². The summed E-state index contributed by atoms with van der Waals surface area (Å²) >= 11 is 4.90. The minimum atomic E-state index is -0.901. The van der Waals surface area contributed by atoms with E-state index in [1.54, 1.807) is 4.90 Å².